The molecule has 2 unspecified atom stereocenters. The van der Waals surface area contributed by atoms with Crippen LogP contribution in [0, 0.1) is 0 Å². The van der Waals surface area contributed by atoms with Crippen LogP contribution in [0.25, 0.3) is 0 Å². The van der Waals surface area contributed by atoms with Crippen molar-refractivity contribution in [2.75, 3.05) is 0 Å². The van der Waals surface area contributed by atoms with Gasteiger partial charge in [-0.05, 0) is 25.7 Å². The first-order valence-corrected chi connectivity index (χ1v) is 11.5. The topological polar surface area (TPSA) is 77.4 Å². The largest absolute Gasteiger partial charge is 1.00 e. The molecule has 0 saturated carbocycles. The Morgan fingerprint density at radius 2 is 1.16 bits per heavy atom. The molecule has 25 heavy (non-hydrogen) atoms. The molecule has 0 aromatic carbocycles. The molecule has 0 spiro atoms. The van der Waals surface area contributed by atoms with Gasteiger partial charge in [-0.3, -0.25) is 0 Å². The standard InChI is InChI=1S/C19H40O4S.K/c1-3-5-7-9-10-11-12-14-18(20)16-17-19(24(21,22)23)15-13-8-6-4-2;/h18-20H,3-17H2,1-2H3,(H,21,22,23);/q;+1/p-1. The van der Waals surface area contributed by atoms with Crippen molar-refractivity contribution in [1.82, 2.24) is 0 Å². The van der Waals surface area contributed by atoms with Gasteiger partial charge in [-0.2, -0.15) is 0 Å². The van der Waals surface area contributed by atoms with Gasteiger partial charge in [0, 0.05) is 5.25 Å². The van der Waals surface area contributed by atoms with E-state index in [1.807, 2.05) is 0 Å². The van der Waals surface area contributed by atoms with Crippen molar-refractivity contribution in [2.45, 2.75) is 122 Å². The summed E-state index contributed by atoms with van der Waals surface area (Å²) in [5.74, 6) is 0. The molecule has 0 heterocycles. The average Bonchev–Trinajstić information content (AvgIpc) is 2.52. The zero-order chi connectivity index (χ0) is 18.3. The minimum Gasteiger partial charge on any atom is -0.748 e. The normalized spacial score (nSPS) is 14.1. The number of aliphatic hydroxyl groups is 1. The van der Waals surface area contributed by atoms with Crippen molar-refractivity contribution in [2.24, 2.45) is 0 Å². The van der Waals surface area contributed by atoms with Crippen molar-refractivity contribution >= 4 is 10.1 Å². The number of hydrogen-bond donors (Lipinski definition) is 1. The molecule has 2 atom stereocenters. The van der Waals surface area contributed by atoms with Gasteiger partial charge in [0.25, 0.3) is 0 Å². The maximum Gasteiger partial charge on any atom is 1.00 e. The summed E-state index contributed by atoms with van der Waals surface area (Å²) in [5.41, 5.74) is 0. The van der Waals surface area contributed by atoms with Crippen LogP contribution in [0.3, 0.4) is 0 Å². The molecule has 0 fully saturated rings. The molecule has 0 aromatic rings. The van der Waals surface area contributed by atoms with Gasteiger partial charge in [-0.1, -0.05) is 84.5 Å². The van der Waals surface area contributed by atoms with Gasteiger partial charge < -0.3 is 9.66 Å². The third kappa shape index (κ3) is 18.6. The molecule has 0 amide bonds. The van der Waals surface area contributed by atoms with Crippen LogP contribution in [0.4, 0.5) is 0 Å². The smallest absolute Gasteiger partial charge is 0.748 e. The van der Waals surface area contributed by atoms with E-state index in [-0.39, 0.29) is 51.4 Å². The summed E-state index contributed by atoms with van der Waals surface area (Å²) in [4.78, 5) is 0. The molecule has 1 N–H and O–H groups in total. The molecule has 0 rings (SSSR count). The van der Waals surface area contributed by atoms with Crippen LogP contribution < -0.4 is 51.4 Å². The zero-order valence-corrected chi connectivity index (χ0v) is 20.8. The summed E-state index contributed by atoms with van der Waals surface area (Å²) < 4.78 is 34.1. The molecule has 4 nitrogen and oxygen atoms in total. The van der Waals surface area contributed by atoms with Crippen molar-refractivity contribution in [1.29, 1.82) is 0 Å². The Kier molecular flexibility index (Phi) is 21.7. The van der Waals surface area contributed by atoms with Crippen LogP contribution in [-0.2, 0) is 10.1 Å². The minimum absolute atomic E-state index is 0. The van der Waals surface area contributed by atoms with Crippen molar-refractivity contribution in [3.05, 3.63) is 0 Å². The Hall–Kier alpha value is 1.51. The molecule has 0 radical (unpaired) electrons. The maximum atomic E-state index is 11.4. The Bertz CT molecular complexity index is 374. The van der Waals surface area contributed by atoms with E-state index in [4.69, 9.17) is 0 Å². The molecule has 0 aliphatic carbocycles. The fourth-order valence-corrected chi connectivity index (χ4v) is 3.97. The van der Waals surface area contributed by atoms with E-state index in [0.717, 1.165) is 44.9 Å². The first kappa shape index (κ1) is 28.7. The zero-order valence-electron chi connectivity index (χ0n) is 16.8. The second kappa shape index (κ2) is 18.9. The molecule has 146 valence electrons. The summed E-state index contributed by atoms with van der Waals surface area (Å²) in [6.45, 7) is 4.30. The number of aliphatic hydroxyl groups excluding tert-OH is 1. The van der Waals surface area contributed by atoms with E-state index in [1.54, 1.807) is 0 Å². The van der Waals surface area contributed by atoms with Crippen LogP contribution in [0.15, 0.2) is 0 Å². The van der Waals surface area contributed by atoms with Crippen LogP contribution in [0.1, 0.15) is 110 Å². The molecule has 0 saturated heterocycles. The monoisotopic (exact) mass is 402 g/mol. The van der Waals surface area contributed by atoms with E-state index in [1.165, 1.54) is 32.1 Å². The molecule has 0 aromatic heterocycles. The first-order valence-electron chi connectivity index (χ1n) is 10.0. The predicted octanol–water partition coefficient (Wildman–Crippen LogP) is 2.16. The van der Waals surface area contributed by atoms with Crippen LogP contribution >= 0.6 is 0 Å². The van der Waals surface area contributed by atoms with E-state index in [9.17, 15) is 18.1 Å². The number of unbranched alkanes of at least 4 members (excludes halogenated alkanes) is 9. The number of hydrogen-bond acceptors (Lipinski definition) is 4. The predicted molar refractivity (Wildman–Crippen MR) is 100 cm³/mol. The fraction of sp³-hybridized carbons (Fsp3) is 1.00. The molecule has 0 aliphatic heterocycles. The van der Waals surface area contributed by atoms with Gasteiger partial charge >= 0.3 is 51.4 Å². The Morgan fingerprint density at radius 3 is 1.68 bits per heavy atom. The van der Waals surface area contributed by atoms with Gasteiger partial charge in [-0.15, -0.1) is 0 Å². The van der Waals surface area contributed by atoms with E-state index < -0.39 is 21.5 Å². The van der Waals surface area contributed by atoms with Crippen LogP contribution in [0.2, 0.25) is 0 Å². The second-order valence-corrected chi connectivity index (χ2v) is 8.76. The maximum absolute atomic E-state index is 11.4. The van der Waals surface area contributed by atoms with Gasteiger partial charge in [0.05, 0.1) is 16.2 Å². The summed E-state index contributed by atoms with van der Waals surface area (Å²) in [6, 6.07) is 0. The molecule has 0 bridgehead atoms. The fourth-order valence-electron chi connectivity index (χ4n) is 3.09. The van der Waals surface area contributed by atoms with Gasteiger partial charge in [0.2, 0.25) is 0 Å². The van der Waals surface area contributed by atoms with Gasteiger partial charge in [0.1, 0.15) is 0 Å². The summed E-state index contributed by atoms with van der Waals surface area (Å²) >= 11 is 0. The SMILES string of the molecule is CCCCCCCCCC(O)CCC(CCCCCC)S(=O)(=O)[O-].[K+]. The van der Waals surface area contributed by atoms with Crippen molar-refractivity contribution in [3.63, 3.8) is 0 Å². The minimum atomic E-state index is -4.25. The average molecular weight is 403 g/mol. The molecule has 0 aliphatic rings. The first-order chi connectivity index (χ1) is 11.4. The third-order valence-corrected chi connectivity index (χ3v) is 6.04. The third-order valence-electron chi connectivity index (χ3n) is 4.75. The molecule has 6 heteroatoms. The van der Waals surface area contributed by atoms with Gasteiger partial charge in [-0.25, -0.2) is 8.42 Å². The quantitative estimate of drug-likeness (QED) is 0.230. The second-order valence-electron chi connectivity index (χ2n) is 7.11. The van der Waals surface area contributed by atoms with Crippen molar-refractivity contribution < 1.29 is 69.5 Å². The Morgan fingerprint density at radius 1 is 0.720 bits per heavy atom. The van der Waals surface area contributed by atoms with E-state index >= 15 is 0 Å². The van der Waals surface area contributed by atoms with Gasteiger partial charge in [0.15, 0.2) is 0 Å². The molecular formula is C19H39KO4S. The summed E-state index contributed by atoms with van der Waals surface area (Å²) in [6.07, 6.45) is 13.8. The Labute approximate surface area is 199 Å². The summed E-state index contributed by atoms with van der Waals surface area (Å²) in [7, 11) is -4.25. The number of rotatable bonds is 17. The van der Waals surface area contributed by atoms with Crippen LogP contribution in [0.5, 0.6) is 0 Å². The molecular weight excluding hydrogens is 363 g/mol. The summed E-state index contributed by atoms with van der Waals surface area (Å²) in [5, 5.41) is 9.20. The van der Waals surface area contributed by atoms with E-state index in [2.05, 4.69) is 13.8 Å². The van der Waals surface area contributed by atoms with Crippen molar-refractivity contribution in [3.8, 4) is 0 Å². The van der Waals surface area contributed by atoms with Crippen LogP contribution in [-0.4, -0.2) is 29.4 Å². The Balaban J connectivity index is 0. The van der Waals surface area contributed by atoms with E-state index in [0.29, 0.717) is 19.3 Å².